The molecule has 0 bridgehead atoms. The molecule has 0 aliphatic heterocycles. The van der Waals surface area contributed by atoms with Crippen LogP contribution in [0.3, 0.4) is 0 Å². The summed E-state index contributed by atoms with van der Waals surface area (Å²) < 4.78 is 0. The Hall–Kier alpha value is -0.820. The molecule has 0 atom stereocenters. The molecule has 0 aromatic heterocycles. The van der Waals surface area contributed by atoms with E-state index >= 15 is 0 Å². The van der Waals surface area contributed by atoms with Crippen LogP contribution in [0.5, 0.6) is 0 Å². The quantitative estimate of drug-likeness (QED) is 0.850. The largest absolute Gasteiger partial charge is 0.313 e. The second kappa shape index (κ2) is 4.38. The first-order valence-electron chi connectivity index (χ1n) is 7.40. The summed E-state index contributed by atoms with van der Waals surface area (Å²) in [5.74, 6) is 0.896. The normalized spacial score (nSPS) is 31.2. The van der Waals surface area contributed by atoms with Crippen molar-refractivity contribution < 1.29 is 0 Å². The smallest absolute Gasteiger partial charge is 0.00830 e. The van der Waals surface area contributed by atoms with Gasteiger partial charge in [0.05, 0.1) is 0 Å². The van der Waals surface area contributed by atoms with Gasteiger partial charge in [0.1, 0.15) is 0 Å². The lowest BCUT2D eigenvalue weighted by atomic mass is 9.59. The van der Waals surface area contributed by atoms with Gasteiger partial charge < -0.3 is 5.32 Å². The molecule has 0 saturated heterocycles. The molecule has 1 heteroatoms. The molecular formula is C17H25N. The third kappa shape index (κ3) is 2.21. The predicted octanol–water partition coefficient (Wildman–Crippen LogP) is 3.72. The van der Waals surface area contributed by atoms with Gasteiger partial charge in [0.2, 0.25) is 0 Å². The van der Waals surface area contributed by atoms with Gasteiger partial charge in [0.15, 0.2) is 0 Å². The van der Waals surface area contributed by atoms with Gasteiger partial charge in [-0.2, -0.15) is 0 Å². The van der Waals surface area contributed by atoms with Crippen molar-refractivity contribution in [3.05, 3.63) is 34.9 Å². The predicted molar refractivity (Wildman–Crippen MR) is 77.0 cm³/mol. The summed E-state index contributed by atoms with van der Waals surface area (Å²) in [5, 5.41) is 3.75. The van der Waals surface area contributed by atoms with Gasteiger partial charge in [0, 0.05) is 18.0 Å². The van der Waals surface area contributed by atoms with Crippen LogP contribution in [-0.2, 0) is 5.41 Å². The van der Waals surface area contributed by atoms with Crippen molar-refractivity contribution in [3.63, 3.8) is 0 Å². The van der Waals surface area contributed by atoms with E-state index in [1.165, 1.54) is 43.4 Å². The van der Waals surface area contributed by atoms with E-state index in [-0.39, 0.29) is 0 Å². The zero-order valence-corrected chi connectivity index (χ0v) is 11.9. The average molecular weight is 243 g/mol. The van der Waals surface area contributed by atoms with E-state index in [9.17, 15) is 0 Å². The zero-order chi connectivity index (χ0) is 12.8. The molecule has 2 aliphatic carbocycles. The second-order valence-corrected chi connectivity index (χ2v) is 6.75. The van der Waals surface area contributed by atoms with Crippen molar-refractivity contribution >= 4 is 0 Å². The summed E-state index contributed by atoms with van der Waals surface area (Å²) in [6, 6.07) is 7.91. The van der Waals surface area contributed by atoms with Crippen molar-refractivity contribution in [3.8, 4) is 0 Å². The first-order valence-corrected chi connectivity index (χ1v) is 7.40. The van der Waals surface area contributed by atoms with E-state index in [2.05, 4.69) is 44.3 Å². The fraction of sp³-hybridized carbons (Fsp3) is 0.647. The summed E-state index contributed by atoms with van der Waals surface area (Å²) in [4.78, 5) is 0. The lowest BCUT2D eigenvalue weighted by molar-refractivity contribution is 0.152. The minimum Gasteiger partial charge on any atom is -0.313 e. The fourth-order valence-electron chi connectivity index (χ4n) is 3.45. The number of hydrogen-bond donors (Lipinski definition) is 1. The van der Waals surface area contributed by atoms with Crippen LogP contribution in [0, 0.1) is 19.8 Å². The first kappa shape index (κ1) is 12.2. The van der Waals surface area contributed by atoms with Gasteiger partial charge in [-0.1, -0.05) is 25.1 Å². The molecule has 1 aromatic rings. The topological polar surface area (TPSA) is 12.0 Å². The van der Waals surface area contributed by atoms with Gasteiger partial charge in [-0.15, -0.1) is 0 Å². The number of rotatable bonds is 4. The molecule has 0 heterocycles. The van der Waals surface area contributed by atoms with Gasteiger partial charge >= 0.3 is 0 Å². The maximum atomic E-state index is 3.75. The molecular weight excluding hydrogens is 218 g/mol. The summed E-state index contributed by atoms with van der Waals surface area (Å²) in [5.41, 5.74) is 4.85. The van der Waals surface area contributed by atoms with Crippen LogP contribution >= 0.6 is 0 Å². The Kier molecular flexibility index (Phi) is 2.97. The van der Waals surface area contributed by atoms with Crippen molar-refractivity contribution in [1.82, 2.24) is 5.32 Å². The van der Waals surface area contributed by atoms with Gasteiger partial charge in [-0.05, 0) is 62.1 Å². The van der Waals surface area contributed by atoms with Crippen LogP contribution in [0.1, 0.15) is 49.3 Å². The van der Waals surface area contributed by atoms with Crippen molar-refractivity contribution in [1.29, 1.82) is 0 Å². The fourth-order valence-corrected chi connectivity index (χ4v) is 3.45. The van der Waals surface area contributed by atoms with E-state index < -0.39 is 0 Å². The van der Waals surface area contributed by atoms with E-state index in [0.29, 0.717) is 5.41 Å². The van der Waals surface area contributed by atoms with Crippen LogP contribution in [0.4, 0.5) is 0 Å². The van der Waals surface area contributed by atoms with Gasteiger partial charge in [-0.3, -0.25) is 0 Å². The number of benzene rings is 1. The molecule has 1 N–H and O–H groups in total. The minimum atomic E-state index is 0.431. The maximum absolute atomic E-state index is 3.75. The Morgan fingerprint density at radius 3 is 2.44 bits per heavy atom. The molecule has 0 unspecified atom stereocenters. The van der Waals surface area contributed by atoms with Crippen LogP contribution in [0.15, 0.2) is 18.2 Å². The highest BCUT2D eigenvalue weighted by atomic mass is 15.0. The number of hydrogen-bond acceptors (Lipinski definition) is 1. The Balaban J connectivity index is 1.80. The maximum Gasteiger partial charge on any atom is 0.00830 e. The first-order chi connectivity index (χ1) is 8.59. The number of aryl methyl sites for hydroxylation is 2. The highest BCUT2D eigenvalue weighted by Crippen LogP contribution is 2.47. The van der Waals surface area contributed by atoms with E-state index in [1.807, 2.05) is 0 Å². The minimum absolute atomic E-state index is 0.431. The Morgan fingerprint density at radius 1 is 1.17 bits per heavy atom. The third-order valence-corrected chi connectivity index (χ3v) is 4.90. The van der Waals surface area contributed by atoms with Crippen LogP contribution in [-0.4, -0.2) is 12.6 Å². The molecule has 2 aliphatic rings. The van der Waals surface area contributed by atoms with E-state index in [1.54, 1.807) is 5.56 Å². The van der Waals surface area contributed by atoms with Gasteiger partial charge in [-0.25, -0.2) is 0 Å². The van der Waals surface area contributed by atoms with Crippen LogP contribution in [0.2, 0.25) is 0 Å². The van der Waals surface area contributed by atoms with Crippen molar-refractivity contribution in [2.75, 3.05) is 6.54 Å². The Labute approximate surface area is 111 Å². The second-order valence-electron chi connectivity index (χ2n) is 6.75. The molecule has 0 radical (unpaired) electrons. The zero-order valence-electron chi connectivity index (χ0n) is 11.9. The SMILES string of the molecule is Cc1ccc(C2(CNC3CC3)CC(C)C2)cc1C. The highest BCUT2D eigenvalue weighted by molar-refractivity contribution is 5.37. The molecule has 18 heavy (non-hydrogen) atoms. The highest BCUT2D eigenvalue weighted by Gasteiger charge is 2.43. The lowest BCUT2D eigenvalue weighted by Crippen LogP contribution is -2.48. The Bertz CT molecular complexity index is 439. The van der Waals surface area contributed by atoms with Gasteiger partial charge in [0.25, 0.3) is 0 Å². The Morgan fingerprint density at radius 2 is 1.89 bits per heavy atom. The monoisotopic (exact) mass is 243 g/mol. The number of nitrogens with one attached hydrogen (secondary N) is 1. The molecule has 0 spiro atoms. The van der Waals surface area contributed by atoms with E-state index in [4.69, 9.17) is 0 Å². The molecule has 0 amide bonds. The average Bonchev–Trinajstić information content (AvgIpc) is 3.10. The molecule has 2 saturated carbocycles. The van der Waals surface area contributed by atoms with Crippen molar-refractivity contribution in [2.45, 2.75) is 57.9 Å². The lowest BCUT2D eigenvalue weighted by Gasteiger charge is -2.47. The van der Waals surface area contributed by atoms with Crippen LogP contribution in [0.25, 0.3) is 0 Å². The van der Waals surface area contributed by atoms with Crippen molar-refractivity contribution in [2.24, 2.45) is 5.92 Å². The summed E-state index contributed by atoms with van der Waals surface area (Å²) >= 11 is 0. The summed E-state index contributed by atoms with van der Waals surface area (Å²) in [6.45, 7) is 8.02. The molecule has 1 aromatic carbocycles. The molecule has 2 fully saturated rings. The molecule has 98 valence electrons. The molecule has 3 rings (SSSR count). The van der Waals surface area contributed by atoms with Crippen LogP contribution < -0.4 is 5.32 Å². The standard InChI is InChI=1S/C17H25N/c1-12-9-17(10-12,11-18-16-6-7-16)15-5-4-13(2)14(3)8-15/h4-5,8,12,16,18H,6-7,9-11H2,1-3H3. The summed E-state index contributed by atoms with van der Waals surface area (Å²) in [7, 11) is 0. The summed E-state index contributed by atoms with van der Waals surface area (Å²) in [6.07, 6.45) is 5.49. The third-order valence-electron chi connectivity index (χ3n) is 4.90. The van der Waals surface area contributed by atoms with E-state index in [0.717, 1.165) is 12.0 Å². The molecule has 1 nitrogen and oxygen atoms in total.